The molecule has 3 rings (SSSR count). The average molecular weight is 355 g/mol. The van der Waals surface area contributed by atoms with E-state index in [1.165, 1.54) is 11.0 Å². The van der Waals surface area contributed by atoms with Crippen molar-refractivity contribution in [2.75, 3.05) is 26.3 Å². The van der Waals surface area contributed by atoms with E-state index in [-0.39, 0.29) is 13.0 Å². The third kappa shape index (κ3) is 4.46. The lowest BCUT2D eigenvalue weighted by Crippen LogP contribution is -2.44. The van der Waals surface area contributed by atoms with Gasteiger partial charge >= 0.3 is 6.18 Å². The Morgan fingerprint density at radius 1 is 1.16 bits per heavy atom. The number of hydrogen-bond acceptors (Lipinski definition) is 3. The van der Waals surface area contributed by atoms with Crippen LogP contribution >= 0.6 is 0 Å². The first-order valence-corrected chi connectivity index (χ1v) is 8.37. The highest BCUT2D eigenvalue weighted by Crippen LogP contribution is 2.33. The average Bonchev–Trinajstić information content (AvgIpc) is 2.84. The molecule has 0 aliphatic carbocycles. The highest BCUT2D eigenvalue weighted by Gasteiger charge is 2.42. The van der Waals surface area contributed by atoms with Crippen molar-refractivity contribution in [1.29, 1.82) is 0 Å². The van der Waals surface area contributed by atoms with Gasteiger partial charge in [-0.1, -0.05) is 6.07 Å². The number of alkyl halides is 3. The van der Waals surface area contributed by atoms with Crippen molar-refractivity contribution in [2.24, 2.45) is 5.92 Å². The Morgan fingerprint density at radius 3 is 2.68 bits per heavy atom. The molecule has 2 aliphatic heterocycles. The summed E-state index contributed by atoms with van der Waals surface area (Å²) >= 11 is 0. The first-order chi connectivity index (χ1) is 11.9. The van der Waals surface area contributed by atoms with Gasteiger partial charge in [-0.2, -0.15) is 13.2 Å². The minimum atomic E-state index is -4.25. The summed E-state index contributed by atoms with van der Waals surface area (Å²) in [6.45, 7) is 1.24. The van der Waals surface area contributed by atoms with Crippen molar-refractivity contribution in [3.63, 3.8) is 0 Å². The van der Waals surface area contributed by atoms with Gasteiger partial charge in [-0.25, -0.2) is 0 Å². The van der Waals surface area contributed by atoms with Gasteiger partial charge in [0, 0.05) is 25.6 Å². The number of nitrogens with zero attached hydrogens (tertiary/aromatic N) is 1. The molecular weight excluding hydrogens is 335 g/mol. The van der Waals surface area contributed by atoms with Gasteiger partial charge in [0.2, 0.25) is 5.91 Å². The van der Waals surface area contributed by atoms with E-state index in [0.29, 0.717) is 37.7 Å². The van der Waals surface area contributed by atoms with Crippen LogP contribution in [0.4, 0.5) is 13.2 Å². The number of likely N-dealkylation sites (tertiary alicyclic amines) is 1. The van der Waals surface area contributed by atoms with Crippen LogP contribution in [0.1, 0.15) is 24.8 Å². The number of hydrogen-bond donors (Lipinski definition) is 0. The first kappa shape index (κ1) is 17.6. The molecule has 7 heteroatoms. The quantitative estimate of drug-likeness (QED) is 0.760. The zero-order chi connectivity index (χ0) is 17.9. The van der Waals surface area contributed by atoms with E-state index < -0.39 is 18.0 Å². The molecule has 1 aromatic rings. The van der Waals surface area contributed by atoms with Crippen LogP contribution in [-0.4, -0.2) is 43.3 Å². The van der Waals surface area contributed by atoms with Crippen molar-refractivity contribution in [3.05, 3.63) is 29.8 Å². The zero-order valence-corrected chi connectivity index (χ0v) is 13.7. The second-order valence-corrected chi connectivity index (χ2v) is 6.26. The van der Waals surface area contributed by atoms with E-state index in [2.05, 4.69) is 0 Å². The van der Waals surface area contributed by atoms with Crippen LogP contribution in [-0.2, 0) is 4.79 Å². The first-order valence-electron chi connectivity index (χ1n) is 8.37. The van der Waals surface area contributed by atoms with Crippen molar-refractivity contribution >= 4 is 12.0 Å². The SMILES string of the molecule is O=C(/C=C/c1ccc2c(c1)OCCCO2)N1CCC[C@@H](C(F)(F)F)C1. The molecule has 0 spiro atoms. The Labute approximate surface area is 144 Å². The van der Waals surface area contributed by atoms with Gasteiger partial charge in [0.25, 0.3) is 0 Å². The second-order valence-electron chi connectivity index (χ2n) is 6.26. The third-order valence-corrected chi connectivity index (χ3v) is 4.39. The maximum Gasteiger partial charge on any atom is 0.393 e. The maximum atomic E-state index is 12.8. The lowest BCUT2D eigenvalue weighted by Gasteiger charge is -2.33. The summed E-state index contributed by atoms with van der Waals surface area (Å²) in [4.78, 5) is 13.5. The van der Waals surface area contributed by atoms with Crippen LogP contribution in [0.5, 0.6) is 11.5 Å². The Bertz CT molecular complexity index is 657. The molecule has 136 valence electrons. The number of ether oxygens (including phenoxy) is 2. The molecule has 0 unspecified atom stereocenters. The second kappa shape index (κ2) is 7.37. The van der Waals surface area contributed by atoms with Crippen LogP contribution in [0.2, 0.25) is 0 Å². The van der Waals surface area contributed by atoms with Gasteiger partial charge in [-0.3, -0.25) is 4.79 Å². The molecule has 1 fully saturated rings. The number of carbonyl (C=O) groups is 1. The minimum Gasteiger partial charge on any atom is -0.490 e. The van der Waals surface area contributed by atoms with E-state index in [1.54, 1.807) is 24.3 Å². The van der Waals surface area contributed by atoms with Crippen LogP contribution in [0.15, 0.2) is 24.3 Å². The van der Waals surface area contributed by atoms with Crippen molar-refractivity contribution in [2.45, 2.75) is 25.4 Å². The topological polar surface area (TPSA) is 38.8 Å². The summed E-state index contributed by atoms with van der Waals surface area (Å²) < 4.78 is 49.6. The molecule has 25 heavy (non-hydrogen) atoms. The Morgan fingerprint density at radius 2 is 1.92 bits per heavy atom. The third-order valence-electron chi connectivity index (χ3n) is 4.39. The van der Waals surface area contributed by atoms with Gasteiger partial charge in [0.15, 0.2) is 11.5 Å². The Hall–Kier alpha value is -2.18. The van der Waals surface area contributed by atoms with Crippen molar-refractivity contribution in [3.8, 4) is 11.5 Å². The predicted molar refractivity (Wildman–Crippen MR) is 86.4 cm³/mol. The normalized spacial score (nSPS) is 21.2. The summed E-state index contributed by atoms with van der Waals surface area (Å²) in [7, 11) is 0. The van der Waals surface area contributed by atoms with E-state index in [0.717, 1.165) is 12.0 Å². The fraction of sp³-hybridized carbons (Fsp3) is 0.500. The summed E-state index contributed by atoms with van der Waals surface area (Å²) in [5.74, 6) is -0.565. The number of piperidine rings is 1. The molecule has 0 N–H and O–H groups in total. The highest BCUT2D eigenvalue weighted by molar-refractivity contribution is 5.92. The minimum absolute atomic E-state index is 0.0825. The van der Waals surface area contributed by atoms with Gasteiger partial charge in [-0.15, -0.1) is 0 Å². The molecule has 0 radical (unpaired) electrons. The Balaban J connectivity index is 1.65. The molecule has 2 aliphatic rings. The summed E-state index contributed by atoms with van der Waals surface area (Å²) in [6, 6.07) is 5.32. The molecule has 0 aromatic heterocycles. The van der Waals surface area contributed by atoms with Crippen LogP contribution < -0.4 is 9.47 Å². The van der Waals surface area contributed by atoms with E-state index in [1.807, 2.05) is 0 Å². The molecular formula is C18H20F3NO3. The molecule has 4 nitrogen and oxygen atoms in total. The van der Waals surface area contributed by atoms with Crippen molar-refractivity contribution < 1.29 is 27.4 Å². The number of amides is 1. The molecule has 0 bridgehead atoms. The number of carbonyl (C=O) groups excluding carboxylic acids is 1. The maximum absolute atomic E-state index is 12.8. The summed E-state index contributed by atoms with van der Waals surface area (Å²) in [5.41, 5.74) is 0.738. The number of rotatable bonds is 2. The molecule has 1 aromatic carbocycles. The molecule has 0 saturated carbocycles. The smallest absolute Gasteiger partial charge is 0.393 e. The lowest BCUT2D eigenvalue weighted by atomic mass is 9.97. The van der Waals surface area contributed by atoms with E-state index >= 15 is 0 Å². The molecule has 1 atom stereocenters. The fourth-order valence-electron chi connectivity index (χ4n) is 3.00. The van der Waals surface area contributed by atoms with Gasteiger partial charge < -0.3 is 14.4 Å². The molecule has 2 heterocycles. The van der Waals surface area contributed by atoms with Gasteiger partial charge in [0.05, 0.1) is 19.1 Å². The van der Waals surface area contributed by atoms with Crippen molar-refractivity contribution in [1.82, 2.24) is 4.90 Å². The standard InChI is InChI=1S/C18H20F3NO3/c19-18(20,21)14-3-1-8-22(12-14)17(23)7-5-13-4-6-15-16(11-13)25-10-2-9-24-15/h4-7,11,14H,1-3,8-10,12H2/b7-5+/t14-/m1/s1. The summed E-state index contributed by atoms with van der Waals surface area (Å²) in [5, 5.41) is 0. The van der Waals surface area contributed by atoms with Gasteiger partial charge in [0.1, 0.15) is 0 Å². The van der Waals surface area contributed by atoms with Crippen LogP contribution in [0.3, 0.4) is 0 Å². The zero-order valence-electron chi connectivity index (χ0n) is 13.7. The molecule has 1 amide bonds. The van der Waals surface area contributed by atoms with Gasteiger partial charge in [-0.05, 0) is 36.6 Å². The number of halogens is 3. The van der Waals surface area contributed by atoms with E-state index in [9.17, 15) is 18.0 Å². The number of fused-ring (bicyclic) bond motifs is 1. The van der Waals surface area contributed by atoms with Crippen LogP contribution in [0, 0.1) is 5.92 Å². The largest absolute Gasteiger partial charge is 0.490 e. The van der Waals surface area contributed by atoms with Crippen LogP contribution in [0.25, 0.3) is 6.08 Å². The monoisotopic (exact) mass is 355 g/mol. The molecule has 1 saturated heterocycles. The summed E-state index contributed by atoms with van der Waals surface area (Å²) in [6.07, 6.45) is -0.0935. The Kier molecular flexibility index (Phi) is 5.20. The predicted octanol–water partition coefficient (Wildman–Crippen LogP) is 3.66. The highest BCUT2D eigenvalue weighted by atomic mass is 19.4. The fourth-order valence-corrected chi connectivity index (χ4v) is 3.00. The van der Waals surface area contributed by atoms with E-state index in [4.69, 9.17) is 9.47 Å². The number of benzene rings is 1. The lowest BCUT2D eigenvalue weighted by molar-refractivity contribution is -0.187.